The molecule has 8 rings (SSSR count). The number of hydrogen-bond acceptors (Lipinski definition) is 6. The van der Waals surface area contributed by atoms with Crippen LogP contribution in [0, 0.1) is 0 Å². The normalized spacial score (nSPS) is 17.6. The second-order valence-corrected chi connectivity index (χ2v) is 16.0. The predicted molar refractivity (Wildman–Crippen MR) is 229 cm³/mol. The number of nitrogens with one attached hydrogen (secondary N) is 2. The Kier molecular flexibility index (Phi) is 11.7. The quantitative estimate of drug-likeness (QED) is 0.129. The van der Waals surface area contributed by atoms with E-state index in [1.807, 2.05) is 93.9 Å². The van der Waals surface area contributed by atoms with Crippen LogP contribution in [0.15, 0.2) is 122 Å². The third-order valence-corrected chi connectivity index (χ3v) is 12.1. The summed E-state index contributed by atoms with van der Waals surface area (Å²) in [6, 6.07) is 36.2. The number of hydrogen-bond donors (Lipinski definition) is 2. The zero-order valence-corrected chi connectivity index (χ0v) is 34.0. The van der Waals surface area contributed by atoms with Crippen molar-refractivity contribution in [2.45, 2.75) is 63.2 Å². The zero-order chi connectivity index (χ0) is 40.2. The Morgan fingerprint density at radius 2 is 1.21 bits per heavy atom. The van der Waals surface area contributed by atoms with Gasteiger partial charge in [0.1, 0.15) is 23.7 Å². The zero-order valence-electron chi connectivity index (χ0n) is 34.0. The van der Waals surface area contributed by atoms with Crippen LogP contribution in [0.4, 0.5) is 0 Å². The van der Waals surface area contributed by atoms with Gasteiger partial charge in [0.25, 0.3) is 0 Å². The van der Waals surface area contributed by atoms with E-state index >= 15 is 0 Å². The van der Waals surface area contributed by atoms with Gasteiger partial charge in [-0.15, -0.1) is 0 Å². The van der Waals surface area contributed by atoms with Gasteiger partial charge in [0.05, 0.1) is 35.9 Å². The Hall–Kier alpha value is -5.84. The van der Waals surface area contributed by atoms with E-state index in [1.165, 1.54) is 6.42 Å². The molecule has 0 saturated carbocycles. The highest BCUT2D eigenvalue weighted by Gasteiger charge is 2.39. The van der Waals surface area contributed by atoms with Gasteiger partial charge in [-0.25, -0.2) is 9.97 Å². The SMILES string of the molecule is C[C@@H](c1ncc(-c2ccc(-c3ccc(-c4cnc(C5CCCN5C(=O)[C@H](c5ccccc5)N5CCCCC5)[nH]4)cc3)cc2)[nH]1)N(C)C(=O)[C@@H](c1ccccc1)N(C)C. The predicted octanol–water partition coefficient (Wildman–Crippen LogP) is 8.85. The number of benzene rings is 4. The summed E-state index contributed by atoms with van der Waals surface area (Å²) in [4.78, 5) is 52.8. The number of rotatable bonds is 12. The van der Waals surface area contributed by atoms with Crippen LogP contribution < -0.4 is 0 Å². The Balaban J connectivity index is 0.922. The molecule has 0 radical (unpaired) electrons. The molecule has 2 saturated heterocycles. The minimum absolute atomic E-state index is 0.0118. The van der Waals surface area contributed by atoms with Crippen LogP contribution >= 0.6 is 0 Å². The molecule has 10 heteroatoms. The van der Waals surface area contributed by atoms with Gasteiger partial charge in [-0.3, -0.25) is 19.4 Å². The van der Waals surface area contributed by atoms with Gasteiger partial charge in [-0.1, -0.05) is 116 Å². The maximum Gasteiger partial charge on any atom is 0.245 e. The van der Waals surface area contributed by atoms with E-state index in [-0.39, 0.29) is 36.0 Å². The number of aromatic amines is 2. The minimum Gasteiger partial charge on any atom is -0.340 e. The first-order chi connectivity index (χ1) is 28.3. The molecule has 2 aliphatic rings. The lowest BCUT2D eigenvalue weighted by Crippen LogP contribution is -2.44. The molecule has 4 atom stereocenters. The maximum atomic E-state index is 14.4. The lowest BCUT2D eigenvalue weighted by Gasteiger charge is -2.37. The molecule has 4 aromatic carbocycles. The van der Waals surface area contributed by atoms with Crippen molar-refractivity contribution in [1.29, 1.82) is 0 Å². The van der Waals surface area contributed by atoms with Crippen LogP contribution in [-0.4, -0.2) is 92.1 Å². The molecule has 2 N–H and O–H groups in total. The highest BCUT2D eigenvalue weighted by Crippen LogP contribution is 2.37. The summed E-state index contributed by atoms with van der Waals surface area (Å²) < 4.78 is 0. The van der Waals surface area contributed by atoms with E-state index in [9.17, 15) is 9.59 Å². The van der Waals surface area contributed by atoms with Gasteiger partial charge in [-0.05, 0) is 93.2 Å². The summed E-state index contributed by atoms with van der Waals surface area (Å²) in [5.74, 6) is 1.78. The van der Waals surface area contributed by atoms with Crippen LogP contribution in [-0.2, 0) is 9.59 Å². The summed E-state index contributed by atoms with van der Waals surface area (Å²) in [6.07, 6.45) is 9.10. The lowest BCUT2D eigenvalue weighted by atomic mass is 10.00. The number of carbonyl (C=O) groups excluding carboxylic acids is 2. The first kappa shape index (κ1) is 39.0. The number of likely N-dealkylation sites (tertiary alicyclic amines) is 2. The van der Waals surface area contributed by atoms with Crippen LogP contribution in [0.1, 0.15) is 86.0 Å². The fourth-order valence-corrected chi connectivity index (χ4v) is 8.69. The lowest BCUT2D eigenvalue weighted by molar-refractivity contribution is -0.139. The Labute approximate surface area is 341 Å². The molecule has 0 bridgehead atoms. The van der Waals surface area contributed by atoms with Crippen molar-refractivity contribution in [3.05, 3.63) is 144 Å². The largest absolute Gasteiger partial charge is 0.340 e. The van der Waals surface area contributed by atoms with E-state index < -0.39 is 0 Å². The van der Waals surface area contributed by atoms with Gasteiger partial charge in [-0.2, -0.15) is 0 Å². The Morgan fingerprint density at radius 1 is 0.655 bits per heavy atom. The Morgan fingerprint density at radius 3 is 1.81 bits per heavy atom. The van der Waals surface area contributed by atoms with Crippen LogP contribution in [0.3, 0.4) is 0 Å². The highest BCUT2D eigenvalue weighted by atomic mass is 16.2. The van der Waals surface area contributed by atoms with Gasteiger partial charge in [0, 0.05) is 13.6 Å². The molecule has 4 heterocycles. The first-order valence-electron chi connectivity index (χ1n) is 20.7. The number of imidazole rings is 2. The van der Waals surface area contributed by atoms with E-state index in [0.29, 0.717) is 0 Å². The van der Waals surface area contributed by atoms with Crippen molar-refractivity contribution >= 4 is 11.8 Å². The van der Waals surface area contributed by atoms with Crippen molar-refractivity contribution in [2.75, 3.05) is 40.8 Å². The van der Waals surface area contributed by atoms with Crippen molar-refractivity contribution in [3.63, 3.8) is 0 Å². The number of H-pyrrole nitrogens is 2. The highest BCUT2D eigenvalue weighted by molar-refractivity contribution is 5.84. The number of nitrogens with zero attached hydrogens (tertiary/aromatic N) is 6. The van der Waals surface area contributed by atoms with Gasteiger partial charge >= 0.3 is 0 Å². The number of aromatic nitrogens is 4. The molecule has 0 aliphatic carbocycles. The number of carbonyl (C=O) groups is 2. The number of amides is 2. The summed E-state index contributed by atoms with van der Waals surface area (Å²) in [5.41, 5.74) is 8.17. The van der Waals surface area contributed by atoms with Gasteiger partial charge in [0.2, 0.25) is 11.8 Å². The second-order valence-electron chi connectivity index (χ2n) is 16.0. The van der Waals surface area contributed by atoms with Crippen molar-refractivity contribution in [1.82, 2.24) is 39.5 Å². The molecule has 0 spiro atoms. The van der Waals surface area contributed by atoms with Crippen LogP contribution in [0.2, 0.25) is 0 Å². The van der Waals surface area contributed by atoms with Crippen LogP contribution in [0.25, 0.3) is 33.6 Å². The van der Waals surface area contributed by atoms with E-state index in [1.54, 1.807) is 4.90 Å². The summed E-state index contributed by atoms with van der Waals surface area (Å²) in [7, 11) is 5.70. The van der Waals surface area contributed by atoms with E-state index in [0.717, 1.165) is 102 Å². The van der Waals surface area contributed by atoms with Gasteiger partial charge < -0.3 is 19.8 Å². The molecular formula is C48H54N8O2. The summed E-state index contributed by atoms with van der Waals surface area (Å²) in [6.45, 7) is 4.65. The monoisotopic (exact) mass is 774 g/mol. The van der Waals surface area contributed by atoms with E-state index in [4.69, 9.17) is 4.98 Å². The smallest absolute Gasteiger partial charge is 0.245 e. The molecule has 58 heavy (non-hydrogen) atoms. The van der Waals surface area contributed by atoms with Crippen molar-refractivity contribution < 1.29 is 9.59 Å². The minimum atomic E-state index is -0.385. The first-order valence-corrected chi connectivity index (χ1v) is 20.7. The average molecular weight is 775 g/mol. The van der Waals surface area contributed by atoms with Gasteiger partial charge in [0.15, 0.2) is 0 Å². The molecule has 2 aliphatic heterocycles. The fourth-order valence-electron chi connectivity index (χ4n) is 8.69. The molecule has 1 unspecified atom stereocenters. The molecular weight excluding hydrogens is 721 g/mol. The molecule has 298 valence electrons. The molecule has 2 fully saturated rings. The average Bonchev–Trinajstić information content (AvgIpc) is 4.07. The summed E-state index contributed by atoms with van der Waals surface area (Å²) >= 11 is 0. The third kappa shape index (κ3) is 8.12. The maximum absolute atomic E-state index is 14.4. The molecule has 10 nitrogen and oxygen atoms in total. The van der Waals surface area contributed by atoms with Crippen LogP contribution in [0.5, 0.6) is 0 Å². The third-order valence-electron chi connectivity index (χ3n) is 12.1. The Bertz CT molecular complexity index is 2280. The molecule has 2 amide bonds. The van der Waals surface area contributed by atoms with Crippen molar-refractivity contribution in [2.24, 2.45) is 0 Å². The van der Waals surface area contributed by atoms with E-state index in [2.05, 4.69) is 85.4 Å². The summed E-state index contributed by atoms with van der Waals surface area (Å²) in [5, 5.41) is 0. The number of likely N-dealkylation sites (N-methyl/N-ethyl adjacent to an activating group) is 2. The second kappa shape index (κ2) is 17.3. The number of piperidine rings is 1. The standard InChI is InChI=1S/C48H54N8O2/c1-33(54(4)47(57)43(53(2)3)38-15-8-5-9-16-38)45-49-31-40(51-45)36-24-20-34(21-25-36)35-22-26-37(27-23-35)41-32-50-46(52-41)42-19-14-30-56(42)48(58)44(39-17-10-6-11-18-39)55-28-12-7-13-29-55/h5-6,8-11,15-18,20-27,31-33,42-44H,7,12-14,19,28-30H2,1-4H3,(H,49,51)(H,50,52)/t33-,42?,43+,44-/m0/s1. The molecule has 6 aromatic rings. The fraction of sp³-hybridized carbons (Fsp3) is 0.333. The van der Waals surface area contributed by atoms with Crippen molar-refractivity contribution in [3.8, 4) is 33.6 Å². The molecule has 2 aromatic heterocycles. The topological polar surface area (TPSA) is 104 Å².